The minimum absolute atomic E-state index is 0.256. The summed E-state index contributed by atoms with van der Waals surface area (Å²) in [5.74, 6) is -0.256. The Balaban J connectivity index is 1.66. The van der Waals surface area contributed by atoms with Crippen molar-refractivity contribution in [2.45, 2.75) is 62.3 Å². The van der Waals surface area contributed by atoms with E-state index in [0.717, 1.165) is 38.8 Å². The van der Waals surface area contributed by atoms with Crippen molar-refractivity contribution in [3.8, 4) is 0 Å². The summed E-state index contributed by atoms with van der Waals surface area (Å²) in [4.78, 5) is 14.4. The van der Waals surface area contributed by atoms with Gasteiger partial charge in [-0.1, -0.05) is 0 Å². The van der Waals surface area contributed by atoms with E-state index in [9.17, 15) is 4.79 Å². The van der Waals surface area contributed by atoms with Crippen LogP contribution in [0.1, 0.15) is 38.5 Å². The van der Waals surface area contributed by atoms with Crippen LogP contribution in [0.15, 0.2) is 0 Å². The first-order valence-corrected chi connectivity index (χ1v) is 7.37. The zero-order chi connectivity index (χ0) is 13.5. The predicted octanol–water partition coefficient (Wildman–Crippen LogP) is 0.663. The summed E-state index contributed by atoms with van der Waals surface area (Å²) in [6.07, 6.45) is 6.75. The molecule has 5 nitrogen and oxygen atoms in total. The van der Waals surface area contributed by atoms with E-state index in [2.05, 4.69) is 4.90 Å². The minimum atomic E-state index is -0.783. The van der Waals surface area contributed by atoms with Gasteiger partial charge < -0.3 is 15.2 Å². The molecule has 0 aromatic rings. The molecule has 1 aliphatic carbocycles. The number of ether oxygens (including phenoxy) is 2. The van der Waals surface area contributed by atoms with Gasteiger partial charge in [0.25, 0.3) is 0 Å². The smallest absolute Gasteiger partial charge is 0.325 e. The van der Waals surface area contributed by atoms with Crippen molar-refractivity contribution in [2.75, 3.05) is 20.2 Å². The zero-order valence-corrected chi connectivity index (χ0v) is 11.6. The lowest BCUT2D eigenvalue weighted by atomic mass is 9.79. The molecule has 2 heterocycles. The molecule has 19 heavy (non-hydrogen) atoms. The Hall–Kier alpha value is -0.650. The van der Waals surface area contributed by atoms with Gasteiger partial charge in [0.05, 0.1) is 19.3 Å². The molecule has 3 rings (SSSR count). The van der Waals surface area contributed by atoms with Crippen molar-refractivity contribution in [2.24, 2.45) is 5.73 Å². The summed E-state index contributed by atoms with van der Waals surface area (Å²) in [5.41, 5.74) is 5.48. The molecule has 2 bridgehead atoms. The number of morpholine rings is 1. The van der Waals surface area contributed by atoms with Crippen LogP contribution >= 0.6 is 0 Å². The average Bonchev–Trinajstić information content (AvgIpc) is 2.76. The topological polar surface area (TPSA) is 64.8 Å². The standard InChI is InChI=1S/C14H24N2O3/c1-18-13(17)14(15)6-2-3-10(7-14)16-8-11-4-5-12(9-16)19-11/h10-12H,2-9,15H2,1H3. The van der Waals surface area contributed by atoms with Crippen LogP contribution < -0.4 is 5.73 Å². The highest BCUT2D eigenvalue weighted by atomic mass is 16.5. The number of nitrogens with zero attached hydrogens (tertiary/aromatic N) is 1. The first kappa shape index (κ1) is 13.3. The van der Waals surface area contributed by atoms with Crippen molar-refractivity contribution >= 4 is 5.97 Å². The first-order valence-electron chi connectivity index (χ1n) is 7.37. The highest BCUT2D eigenvalue weighted by Gasteiger charge is 2.44. The lowest BCUT2D eigenvalue weighted by molar-refractivity contribution is -0.150. The van der Waals surface area contributed by atoms with Gasteiger partial charge in [-0.25, -0.2) is 0 Å². The van der Waals surface area contributed by atoms with Crippen molar-refractivity contribution in [3.63, 3.8) is 0 Å². The summed E-state index contributed by atoms with van der Waals surface area (Å²) >= 11 is 0. The van der Waals surface area contributed by atoms with Crippen molar-refractivity contribution < 1.29 is 14.3 Å². The molecule has 0 radical (unpaired) electrons. The number of rotatable bonds is 2. The van der Waals surface area contributed by atoms with Crippen LogP contribution in [0, 0.1) is 0 Å². The quantitative estimate of drug-likeness (QED) is 0.745. The third kappa shape index (κ3) is 2.51. The molecule has 3 aliphatic rings. The molecule has 0 aromatic heterocycles. The summed E-state index contributed by atoms with van der Waals surface area (Å²) in [6.45, 7) is 2.00. The second-order valence-electron chi connectivity index (χ2n) is 6.31. The summed E-state index contributed by atoms with van der Waals surface area (Å²) in [7, 11) is 1.43. The number of fused-ring (bicyclic) bond motifs is 2. The predicted molar refractivity (Wildman–Crippen MR) is 70.7 cm³/mol. The van der Waals surface area contributed by atoms with Gasteiger partial charge in [-0.15, -0.1) is 0 Å². The second-order valence-corrected chi connectivity index (χ2v) is 6.31. The molecular weight excluding hydrogens is 244 g/mol. The molecule has 1 saturated carbocycles. The molecule has 0 amide bonds. The highest BCUT2D eigenvalue weighted by molar-refractivity contribution is 5.80. The van der Waals surface area contributed by atoms with Crippen LogP contribution in [0.2, 0.25) is 0 Å². The van der Waals surface area contributed by atoms with Gasteiger partial charge in [0.1, 0.15) is 5.54 Å². The van der Waals surface area contributed by atoms with E-state index in [1.54, 1.807) is 0 Å². The third-order valence-electron chi connectivity index (χ3n) is 4.94. The highest BCUT2D eigenvalue weighted by Crippen LogP contribution is 2.34. The Labute approximate surface area is 114 Å². The van der Waals surface area contributed by atoms with E-state index in [0.29, 0.717) is 18.2 Å². The lowest BCUT2D eigenvalue weighted by Crippen LogP contribution is -2.58. The average molecular weight is 268 g/mol. The van der Waals surface area contributed by atoms with Crippen LogP contribution in [0.5, 0.6) is 0 Å². The van der Waals surface area contributed by atoms with Crippen LogP contribution in [0.25, 0.3) is 0 Å². The van der Waals surface area contributed by atoms with E-state index < -0.39 is 5.54 Å². The van der Waals surface area contributed by atoms with Crippen LogP contribution in [-0.2, 0) is 14.3 Å². The molecule has 2 N–H and O–H groups in total. The third-order valence-corrected chi connectivity index (χ3v) is 4.94. The number of likely N-dealkylation sites (tertiary alicyclic amines) is 1. The summed E-state index contributed by atoms with van der Waals surface area (Å²) in [5, 5.41) is 0. The van der Waals surface area contributed by atoms with Crippen LogP contribution in [0.3, 0.4) is 0 Å². The van der Waals surface area contributed by atoms with E-state index in [1.165, 1.54) is 20.0 Å². The molecule has 2 aliphatic heterocycles. The molecule has 5 heteroatoms. The maximum absolute atomic E-state index is 11.9. The molecule has 3 fully saturated rings. The van der Waals surface area contributed by atoms with Crippen molar-refractivity contribution in [3.05, 3.63) is 0 Å². The van der Waals surface area contributed by atoms with Gasteiger partial charge in [-0.3, -0.25) is 9.69 Å². The number of carbonyl (C=O) groups excluding carboxylic acids is 1. The molecule has 4 atom stereocenters. The summed E-state index contributed by atoms with van der Waals surface area (Å²) < 4.78 is 10.8. The fraction of sp³-hybridized carbons (Fsp3) is 0.929. The minimum Gasteiger partial charge on any atom is -0.468 e. The van der Waals surface area contributed by atoms with Crippen LogP contribution in [-0.4, -0.2) is 54.9 Å². The fourth-order valence-electron chi connectivity index (χ4n) is 3.92. The SMILES string of the molecule is COC(=O)C1(N)CCCC(N2CC3CCC(C2)O3)C1. The second kappa shape index (κ2) is 5.04. The van der Waals surface area contributed by atoms with E-state index in [1.807, 2.05) is 0 Å². The number of hydrogen-bond acceptors (Lipinski definition) is 5. The molecule has 0 spiro atoms. The van der Waals surface area contributed by atoms with Gasteiger partial charge in [-0.2, -0.15) is 0 Å². The summed E-state index contributed by atoms with van der Waals surface area (Å²) in [6, 6.07) is 0.407. The van der Waals surface area contributed by atoms with Gasteiger partial charge in [0, 0.05) is 19.1 Å². The fourth-order valence-corrected chi connectivity index (χ4v) is 3.92. The first-order chi connectivity index (χ1) is 9.10. The Kier molecular flexibility index (Phi) is 3.53. The molecule has 4 unspecified atom stereocenters. The molecule has 108 valence electrons. The Morgan fingerprint density at radius 2 is 2.00 bits per heavy atom. The van der Waals surface area contributed by atoms with E-state index in [-0.39, 0.29) is 5.97 Å². The van der Waals surface area contributed by atoms with Gasteiger partial charge >= 0.3 is 5.97 Å². The van der Waals surface area contributed by atoms with Crippen molar-refractivity contribution in [1.82, 2.24) is 4.90 Å². The number of esters is 1. The van der Waals surface area contributed by atoms with E-state index in [4.69, 9.17) is 15.2 Å². The van der Waals surface area contributed by atoms with Gasteiger partial charge in [-0.05, 0) is 38.5 Å². The molecule has 0 aromatic carbocycles. The zero-order valence-electron chi connectivity index (χ0n) is 11.6. The molecule has 2 saturated heterocycles. The van der Waals surface area contributed by atoms with E-state index >= 15 is 0 Å². The molecular formula is C14H24N2O3. The largest absolute Gasteiger partial charge is 0.468 e. The van der Waals surface area contributed by atoms with Gasteiger partial charge in [0.2, 0.25) is 0 Å². The Bertz CT molecular complexity index is 351. The monoisotopic (exact) mass is 268 g/mol. The number of carbonyl (C=O) groups is 1. The Morgan fingerprint density at radius 1 is 1.32 bits per heavy atom. The maximum atomic E-state index is 11.9. The van der Waals surface area contributed by atoms with Gasteiger partial charge in [0.15, 0.2) is 0 Å². The number of nitrogens with two attached hydrogens (primary N) is 1. The maximum Gasteiger partial charge on any atom is 0.325 e. The van der Waals surface area contributed by atoms with Crippen LogP contribution in [0.4, 0.5) is 0 Å². The normalized spacial score (nSPS) is 43.2. The Morgan fingerprint density at radius 3 is 2.63 bits per heavy atom. The number of hydrogen-bond donors (Lipinski definition) is 1. The number of methoxy groups -OCH3 is 1. The lowest BCUT2D eigenvalue weighted by Gasteiger charge is -2.44. The van der Waals surface area contributed by atoms with Crippen molar-refractivity contribution in [1.29, 1.82) is 0 Å².